The molecule has 0 aliphatic carbocycles. The van der Waals surface area contributed by atoms with Gasteiger partial charge in [-0.3, -0.25) is 4.79 Å². The number of carboxylic acids is 1. The van der Waals surface area contributed by atoms with Crippen molar-refractivity contribution in [1.29, 1.82) is 0 Å². The summed E-state index contributed by atoms with van der Waals surface area (Å²) in [6, 6.07) is 0.0366. The summed E-state index contributed by atoms with van der Waals surface area (Å²) in [4.78, 5) is 24.0. The van der Waals surface area contributed by atoms with Gasteiger partial charge >= 0.3 is 12.0 Å². The van der Waals surface area contributed by atoms with Crippen LogP contribution in [0, 0.1) is 0 Å². The van der Waals surface area contributed by atoms with E-state index in [1.807, 2.05) is 7.05 Å². The molecule has 0 aliphatic rings. The maximum atomic E-state index is 11.8. The van der Waals surface area contributed by atoms with Gasteiger partial charge in [-0.1, -0.05) is 44.8 Å². The van der Waals surface area contributed by atoms with Gasteiger partial charge in [0.2, 0.25) is 0 Å². The Bertz CT molecular complexity index is 370. The van der Waals surface area contributed by atoms with Gasteiger partial charge in [0.05, 0.1) is 0 Å². The summed E-state index contributed by atoms with van der Waals surface area (Å²) in [5.41, 5.74) is 0. The zero-order valence-electron chi connectivity index (χ0n) is 16.3. The molecule has 0 spiro atoms. The molecule has 2 amide bonds. The largest absolute Gasteiger partial charge is 0.481 e. The third-order valence-electron chi connectivity index (χ3n) is 4.20. The van der Waals surface area contributed by atoms with Crippen molar-refractivity contribution in [2.45, 2.75) is 84.0 Å². The van der Waals surface area contributed by atoms with E-state index in [9.17, 15) is 9.59 Å². The monoisotopic (exact) mass is 354 g/mol. The van der Waals surface area contributed by atoms with Crippen LogP contribution < -0.4 is 5.32 Å². The number of unbranched alkanes of at least 4 members (excludes halogenated alkanes) is 8. The number of hydrogen-bond donors (Lipinski definition) is 2. The summed E-state index contributed by atoms with van der Waals surface area (Å²) in [6.07, 6.45) is 16.4. The molecule has 0 bridgehead atoms. The number of amides is 2. The number of carbonyl (C=O) groups excluding carboxylic acids is 1. The highest BCUT2D eigenvalue weighted by Gasteiger charge is 2.06. The quantitative estimate of drug-likeness (QED) is 0.304. The molecule has 0 aromatic heterocycles. The van der Waals surface area contributed by atoms with E-state index in [0.717, 1.165) is 70.9 Å². The highest BCUT2D eigenvalue weighted by molar-refractivity contribution is 5.73. The molecule has 2 N–H and O–H groups in total. The average Bonchev–Trinajstić information content (AvgIpc) is 2.59. The maximum absolute atomic E-state index is 11.8. The van der Waals surface area contributed by atoms with Gasteiger partial charge in [-0.25, -0.2) is 4.79 Å². The van der Waals surface area contributed by atoms with E-state index in [0.29, 0.717) is 6.42 Å². The lowest BCUT2D eigenvalue weighted by molar-refractivity contribution is -0.137. The third kappa shape index (κ3) is 17.1. The molecule has 146 valence electrons. The van der Waals surface area contributed by atoms with E-state index in [2.05, 4.69) is 24.4 Å². The molecule has 0 saturated heterocycles. The Morgan fingerprint density at radius 2 is 1.56 bits per heavy atom. The molecule has 0 saturated carbocycles. The lowest BCUT2D eigenvalue weighted by atomic mass is 10.1. The van der Waals surface area contributed by atoms with Crippen LogP contribution in [0.3, 0.4) is 0 Å². The number of urea groups is 1. The minimum absolute atomic E-state index is 0.0366. The van der Waals surface area contributed by atoms with Gasteiger partial charge in [-0.05, 0) is 44.9 Å². The number of hydrogen-bond acceptors (Lipinski definition) is 2. The van der Waals surface area contributed by atoms with Gasteiger partial charge < -0.3 is 15.3 Å². The third-order valence-corrected chi connectivity index (χ3v) is 4.20. The smallest absolute Gasteiger partial charge is 0.317 e. The van der Waals surface area contributed by atoms with E-state index in [1.54, 1.807) is 4.90 Å². The van der Waals surface area contributed by atoms with Crippen molar-refractivity contribution in [3.05, 3.63) is 12.2 Å². The number of allylic oxidation sites excluding steroid dienone is 2. The van der Waals surface area contributed by atoms with Crippen LogP contribution in [-0.4, -0.2) is 42.1 Å². The van der Waals surface area contributed by atoms with Gasteiger partial charge in [0.15, 0.2) is 0 Å². The molecule has 0 unspecified atom stereocenters. The van der Waals surface area contributed by atoms with Gasteiger partial charge in [-0.2, -0.15) is 0 Å². The summed E-state index contributed by atoms with van der Waals surface area (Å²) < 4.78 is 0. The number of nitrogens with zero attached hydrogens (tertiary/aromatic N) is 1. The number of carboxylic acid groups (broad SMARTS) is 1. The predicted octanol–water partition coefficient (Wildman–Crippen LogP) is 4.97. The fourth-order valence-corrected chi connectivity index (χ4v) is 2.55. The van der Waals surface area contributed by atoms with Crippen LogP contribution in [0.4, 0.5) is 4.79 Å². The first-order chi connectivity index (χ1) is 12.1. The normalized spacial score (nSPS) is 11.0. The molecule has 5 heteroatoms. The Hall–Kier alpha value is -1.52. The second kappa shape index (κ2) is 17.3. The summed E-state index contributed by atoms with van der Waals surface area (Å²) >= 11 is 0. The second-order valence-electron chi connectivity index (χ2n) is 6.67. The molecule has 0 radical (unpaired) electrons. The molecular formula is C20H38N2O3. The highest BCUT2D eigenvalue weighted by atomic mass is 16.4. The van der Waals surface area contributed by atoms with Crippen molar-refractivity contribution < 1.29 is 14.7 Å². The van der Waals surface area contributed by atoms with Crippen LogP contribution in [0.15, 0.2) is 12.2 Å². The first-order valence-corrected chi connectivity index (χ1v) is 9.93. The van der Waals surface area contributed by atoms with Crippen molar-refractivity contribution in [3.63, 3.8) is 0 Å². The predicted molar refractivity (Wildman–Crippen MR) is 104 cm³/mol. The topological polar surface area (TPSA) is 69.6 Å². The van der Waals surface area contributed by atoms with Crippen LogP contribution in [0.1, 0.15) is 84.0 Å². The molecule has 0 aromatic carbocycles. The molecule has 0 aliphatic heterocycles. The van der Waals surface area contributed by atoms with E-state index < -0.39 is 5.97 Å². The highest BCUT2D eigenvalue weighted by Crippen LogP contribution is 2.07. The van der Waals surface area contributed by atoms with Crippen molar-refractivity contribution >= 4 is 12.0 Å². The molecular weight excluding hydrogens is 316 g/mol. The fourth-order valence-electron chi connectivity index (χ4n) is 2.55. The SMILES string of the molecule is CCCCCNC(=O)N(C)CCCC/C=C\CCCCCCC(=O)O. The van der Waals surface area contributed by atoms with Gasteiger partial charge in [0.1, 0.15) is 0 Å². The Kier molecular flexibility index (Phi) is 16.3. The van der Waals surface area contributed by atoms with Gasteiger partial charge in [0.25, 0.3) is 0 Å². The number of rotatable bonds is 16. The van der Waals surface area contributed by atoms with Crippen molar-refractivity contribution in [2.24, 2.45) is 0 Å². The molecule has 25 heavy (non-hydrogen) atoms. The molecule has 0 fully saturated rings. The second-order valence-corrected chi connectivity index (χ2v) is 6.67. The lowest BCUT2D eigenvalue weighted by Crippen LogP contribution is -2.38. The number of aliphatic carboxylic acids is 1. The maximum Gasteiger partial charge on any atom is 0.317 e. The summed E-state index contributed by atoms with van der Waals surface area (Å²) in [6.45, 7) is 3.73. The van der Waals surface area contributed by atoms with Crippen molar-refractivity contribution in [1.82, 2.24) is 10.2 Å². The van der Waals surface area contributed by atoms with E-state index in [1.165, 1.54) is 12.8 Å². The molecule has 0 atom stereocenters. The summed E-state index contributed by atoms with van der Waals surface area (Å²) in [5, 5.41) is 11.5. The zero-order chi connectivity index (χ0) is 18.8. The van der Waals surface area contributed by atoms with Crippen LogP contribution in [-0.2, 0) is 4.79 Å². The van der Waals surface area contributed by atoms with E-state index >= 15 is 0 Å². The first-order valence-electron chi connectivity index (χ1n) is 9.93. The Balaban J connectivity index is 3.40. The summed E-state index contributed by atoms with van der Waals surface area (Å²) in [7, 11) is 1.86. The van der Waals surface area contributed by atoms with Gasteiger partial charge in [0, 0.05) is 26.6 Å². The van der Waals surface area contributed by atoms with Crippen LogP contribution in [0.2, 0.25) is 0 Å². The average molecular weight is 355 g/mol. The number of nitrogens with one attached hydrogen (secondary N) is 1. The van der Waals surface area contributed by atoms with Crippen molar-refractivity contribution in [2.75, 3.05) is 20.1 Å². The number of carbonyl (C=O) groups is 2. The van der Waals surface area contributed by atoms with Crippen LogP contribution >= 0.6 is 0 Å². The minimum Gasteiger partial charge on any atom is -0.481 e. The Morgan fingerprint density at radius 3 is 2.20 bits per heavy atom. The molecule has 0 rings (SSSR count). The Labute approximate surface area is 153 Å². The van der Waals surface area contributed by atoms with Crippen molar-refractivity contribution in [3.8, 4) is 0 Å². The van der Waals surface area contributed by atoms with Crippen LogP contribution in [0.25, 0.3) is 0 Å². The minimum atomic E-state index is -0.695. The first kappa shape index (κ1) is 23.5. The molecule has 0 heterocycles. The van der Waals surface area contributed by atoms with Gasteiger partial charge in [-0.15, -0.1) is 0 Å². The Morgan fingerprint density at radius 1 is 0.920 bits per heavy atom. The standard InChI is InChI=1S/C20H38N2O3/c1-3-4-14-17-21-20(25)22(2)18-15-12-10-8-6-5-7-9-11-13-16-19(23)24/h6,8H,3-5,7,9-18H2,1-2H3,(H,21,25)(H,23,24)/b8-6-. The fraction of sp³-hybridized carbons (Fsp3) is 0.800. The van der Waals surface area contributed by atoms with Crippen LogP contribution in [0.5, 0.6) is 0 Å². The van der Waals surface area contributed by atoms with E-state index in [4.69, 9.17) is 5.11 Å². The molecule has 5 nitrogen and oxygen atoms in total. The lowest BCUT2D eigenvalue weighted by Gasteiger charge is -2.17. The van der Waals surface area contributed by atoms with E-state index in [-0.39, 0.29) is 6.03 Å². The zero-order valence-corrected chi connectivity index (χ0v) is 16.3. The molecule has 0 aromatic rings. The summed E-state index contributed by atoms with van der Waals surface area (Å²) in [5.74, 6) is -0.695.